The standard InChI is InChI=1S/C16H16ClNO2/c17-14-3-1-2-13(9-14)12-6-4-11(5-7-12)8-15(18)10-16(19)20/h1-7,9,15H,8,10,18H2,(H,19,20)/t15-/m1/s1. The van der Waals surface area contributed by atoms with Crippen LogP contribution in [0.3, 0.4) is 0 Å². The van der Waals surface area contributed by atoms with E-state index in [9.17, 15) is 4.79 Å². The van der Waals surface area contributed by atoms with Crippen molar-refractivity contribution in [3.8, 4) is 11.1 Å². The molecule has 0 spiro atoms. The molecule has 4 heteroatoms. The summed E-state index contributed by atoms with van der Waals surface area (Å²) in [6.07, 6.45) is 0.540. The van der Waals surface area contributed by atoms with Gasteiger partial charge in [0, 0.05) is 11.1 Å². The highest BCUT2D eigenvalue weighted by molar-refractivity contribution is 6.30. The Morgan fingerprint density at radius 1 is 1.15 bits per heavy atom. The third-order valence-electron chi connectivity index (χ3n) is 3.05. The number of aliphatic carboxylic acids is 1. The summed E-state index contributed by atoms with van der Waals surface area (Å²) < 4.78 is 0. The second-order valence-corrected chi connectivity index (χ2v) is 5.21. The van der Waals surface area contributed by atoms with E-state index in [1.54, 1.807) is 0 Å². The fourth-order valence-electron chi connectivity index (χ4n) is 2.10. The summed E-state index contributed by atoms with van der Waals surface area (Å²) in [4.78, 5) is 10.6. The van der Waals surface area contributed by atoms with E-state index in [0.717, 1.165) is 16.7 Å². The predicted molar refractivity (Wildman–Crippen MR) is 80.8 cm³/mol. The van der Waals surface area contributed by atoms with Crippen molar-refractivity contribution in [2.45, 2.75) is 18.9 Å². The van der Waals surface area contributed by atoms with Crippen LogP contribution in [0, 0.1) is 0 Å². The van der Waals surface area contributed by atoms with Gasteiger partial charge in [-0.3, -0.25) is 4.79 Å². The Hall–Kier alpha value is -1.84. The van der Waals surface area contributed by atoms with Crippen LogP contribution in [0.25, 0.3) is 11.1 Å². The maximum Gasteiger partial charge on any atom is 0.304 e. The van der Waals surface area contributed by atoms with Gasteiger partial charge in [0.25, 0.3) is 0 Å². The number of carboxylic acid groups (broad SMARTS) is 1. The molecule has 0 aliphatic rings. The molecule has 0 radical (unpaired) electrons. The second kappa shape index (κ2) is 6.55. The zero-order valence-corrected chi connectivity index (χ0v) is 11.7. The number of benzene rings is 2. The molecule has 0 aliphatic carbocycles. The molecule has 0 heterocycles. The number of hydrogen-bond donors (Lipinski definition) is 2. The van der Waals surface area contributed by atoms with Crippen LogP contribution in [0.5, 0.6) is 0 Å². The lowest BCUT2D eigenvalue weighted by Crippen LogP contribution is -2.26. The SMILES string of the molecule is N[C@@H](CC(=O)O)Cc1ccc(-c2cccc(Cl)c2)cc1. The van der Waals surface area contributed by atoms with Gasteiger partial charge in [-0.2, -0.15) is 0 Å². The Bertz CT molecular complexity index is 596. The molecule has 3 nitrogen and oxygen atoms in total. The average molecular weight is 290 g/mol. The predicted octanol–water partition coefficient (Wildman–Crippen LogP) is 3.35. The highest BCUT2D eigenvalue weighted by Gasteiger charge is 2.09. The highest BCUT2D eigenvalue weighted by Crippen LogP contribution is 2.23. The molecule has 1 atom stereocenters. The van der Waals surface area contributed by atoms with E-state index in [1.807, 2.05) is 48.5 Å². The van der Waals surface area contributed by atoms with Gasteiger partial charge in [0.05, 0.1) is 6.42 Å². The van der Waals surface area contributed by atoms with Crippen LogP contribution >= 0.6 is 11.6 Å². The van der Waals surface area contributed by atoms with Gasteiger partial charge in [-0.25, -0.2) is 0 Å². The van der Waals surface area contributed by atoms with Crippen molar-refractivity contribution in [1.82, 2.24) is 0 Å². The van der Waals surface area contributed by atoms with Gasteiger partial charge >= 0.3 is 5.97 Å². The van der Waals surface area contributed by atoms with Crippen molar-refractivity contribution in [2.75, 3.05) is 0 Å². The molecule has 20 heavy (non-hydrogen) atoms. The summed E-state index contributed by atoms with van der Waals surface area (Å²) in [5, 5.41) is 9.39. The topological polar surface area (TPSA) is 63.3 Å². The third-order valence-corrected chi connectivity index (χ3v) is 3.28. The van der Waals surface area contributed by atoms with Crippen molar-refractivity contribution >= 4 is 17.6 Å². The first-order valence-electron chi connectivity index (χ1n) is 6.37. The van der Waals surface area contributed by atoms with E-state index in [1.165, 1.54) is 0 Å². The second-order valence-electron chi connectivity index (χ2n) is 4.77. The fourth-order valence-corrected chi connectivity index (χ4v) is 2.29. The average Bonchev–Trinajstić information content (AvgIpc) is 2.38. The van der Waals surface area contributed by atoms with Crippen molar-refractivity contribution in [1.29, 1.82) is 0 Å². The Labute approximate surface area is 123 Å². The van der Waals surface area contributed by atoms with Crippen LogP contribution in [-0.4, -0.2) is 17.1 Å². The first kappa shape index (κ1) is 14.6. The van der Waals surface area contributed by atoms with Crippen LogP contribution < -0.4 is 5.73 Å². The molecule has 0 saturated carbocycles. The zero-order chi connectivity index (χ0) is 14.5. The van der Waals surface area contributed by atoms with Crippen LogP contribution in [-0.2, 0) is 11.2 Å². The summed E-state index contributed by atoms with van der Waals surface area (Å²) in [5.41, 5.74) is 8.94. The lowest BCUT2D eigenvalue weighted by molar-refractivity contribution is -0.137. The first-order valence-corrected chi connectivity index (χ1v) is 6.74. The molecule has 0 saturated heterocycles. The van der Waals surface area contributed by atoms with Gasteiger partial charge in [-0.05, 0) is 35.2 Å². The molecule has 2 aromatic rings. The van der Waals surface area contributed by atoms with Crippen LogP contribution in [0.1, 0.15) is 12.0 Å². The molecule has 0 fully saturated rings. The lowest BCUT2D eigenvalue weighted by atomic mass is 10.00. The van der Waals surface area contributed by atoms with Crippen LogP contribution in [0.2, 0.25) is 5.02 Å². The summed E-state index contributed by atoms with van der Waals surface area (Å²) in [5.74, 6) is -0.868. The maximum atomic E-state index is 10.6. The first-order chi connectivity index (χ1) is 9.54. The number of halogens is 1. The van der Waals surface area contributed by atoms with E-state index < -0.39 is 5.97 Å². The normalized spacial score (nSPS) is 12.1. The van der Waals surface area contributed by atoms with Crippen LogP contribution in [0.4, 0.5) is 0 Å². The number of hydrogen-bond acceptors (Lipinski definition) is 2. The largest absolute Gasteiger partial charge is 0.481 e. The van der Waals surface area contributed by atoms with Crippen molar-refractivity contribution < 1.29 is 9.90 Å². The minimum atomic E-state index is -0.868. The molecule has 2 aromatic carbocycles. The Morgan fingerprint density at radius 2 is 1.85 bits per heavy atom. The minimum Gasteiger partial charge on any atom is -0.481 e. The molecule has 0 bridgehead atoms. The molecular formula is C16H16ClNO2. The van der Waals surface area contributed by atoms with Gasteiger partial charge in [0.1, 0.15) is 0 Å². The number of carboxylic acids is 1. The summed E-state index contributed by atoms with van der Waals surface area (Å²) in [6.45, 7) is 0. The van der Waals surface area contributed by atoms with Crippen molar-refractivity contribution in [3.63, 3.8) is 0 Å². The van der Waals surface area contributed by atoms with Crippen molar-refractivity contribution in [3.05, 3.63) is 59.1 Å². The van der Waals surface area contributed by atoms with Gasteiger partial charge in [0.15, 0.2) is 0 Å². The molecular weight excluding hydrogens is 274 g/mol. The molecule has 0 unspecified atom stereocenters. The Balaban J connectivity index is 2.08. The van der Waals surface area contributed by atoms with Crippen LogP contribution in [0.15, 0.2) is 48.5 Å². The lowest BCUT2D eigenvalue weighted by Gasteiger charge is -2.09. The van der Waals surface area contributed by atoms with E-state index in [4.69, 9.17) is 22.4 Å². The molecule has 2 rings (SSSR count). The van der Waals surface area contributed by atoms with E-state index in [-0.39, 0.29) is 12.5 Å². The van der Waals surface area contributed by atoms with Crippen molar-refractivity contribution in [2.24, 2.45) is 5.73 Å². The highest BCUT2D eigenvalue weighted by atomic mass is 35.5. The zero-order valence-electron chi connectivity index (χ0n) is 10.9. The molecule has 3 N–H and O–H groups in total. The third kappa shape index (κ3) is 4.08. The molecule has 104 valence electrons. The monoisotopic (exact) mass is 289 g/mol. The number of rotatable bonds is 5. The maximum absolute atomic E-state index is 10.6. The summed E-state index contributed by atoms with van der Waals surface area (Å²) in [6, 6.07) is 15.2. The molecule has 0 aromatic heterocycles. The molecule has 0 amide bonds. The van der Waals surface area contributed by atoms with E-state index in [2.05, 4.69) is 0 Å². The summed E-state index contributed by atoms with van der Waals surface area (Å²) >= 11 is 5.97. The van der Waals surface area contributed by atoms with Gasteiger partial charge in [-0.15, -0.1) is 0 Å². The number of carbonyl (C=O) groups is 1. The Morgan fingerprint density at radius 3 is 2.45 bits per heavy atom. The minimum absolute atomic E-state index is 0.0178. The molecule has 0 aliphatic heterocycles. The summed E-state index contributed by atoms with van der Waals surface area (Å²) in [7, 11) is 0. The Kier molecular flexibility index (Phi) is 4.77. The quantitative estimate of drug-likeness (QED) is 0.887. The van der Waals surface area contributed by atoms with Gasteiger partial charge in [-0.1, -0.05) is 48.0 Å². The van der Waals surface area contributed by atoms with E-state index >= 15 is 0 Å². The smallest absolute Gasteiger partial charge is 0.304 e. The van der Waals surface area contributed by atoms with E-state index in [0.29, 0.717) is 11.4 Å². The van der Waals surface area contributed by atoms with Gasteiger partial charge < -0.3 is 10.8 Å². The fraction of sp³-hybridized carbons (Fsp3) is 0.188. The number of nitrogens with two attached hydrogens (primary N) is 1. The van der Waals surface area contributed by atoms with Gasteiger partial charge in [0.2, 0.25) is 0 Å².